The van der Waals surface area contributed by atoms with Gasteiger partial charge in [-0.25, -0.2) is 0 Å². The van der Waals surface area contributed by atoms with Crippen molar-refractivity contribution in [1.29, 1.82) is 5.26 Å². The highest BCUT2D eigenvalue weighted by atomic mass is 14.4. The predicted molar refractivity (Wildman–Crippen MR) is 80.1 cm³/mol. The van der Waals surface area contributed by atoms with Gasteiger partial charge in [-0.15, -0.1) is 0 Å². The van der Waals surface area contributed by atoms with E-state index >= 15 is 0 Å². The average Bonchev–Trinajstić information content (AvgIpc) is 2.23. The Morgan fingerprint density at radius 1 is 1.00 bits per heavy atom. The lowest BCUT2D eigenvalue weighted by molar-refractivity contribution is 0.0397. The first-order valence-electron chi connectivity index (χ1n) is 7.54. The van der Waals surface area contributed by atoms with Crippen LogP contribution in [0.5, 0.6) is 0 Å². The molecule has 0 fully saturated rings. The Bertz CT molecular complexity index is 272. The number of nitriles is 1. The maximum Gasteiger partial charge on any atom is 0.0652 e. The van der Waals surface area contributed by atoms with Crippen LogP contribution >= 0.6 is 0 Å². The van der Waals surface area contributed by atoms with Crippen LogP contribution in [0.1, 0.15) is 68.2 Å². The summed E-state index contributed by atoms with van der Waals surface area (Å²) in [5.41, 5.74) is 0.341. The molecule has 3 atom stereocenters. The van der Waals surface area contributed by atoms with Crippen molar-refractivity contribution in [3.63, 3.8) is 0 Å². The summed E-state index contributed by atoms with van der Waals surface area (Å²) in [4.78, 5) is 0. The van der Waals surface area contributed by atoms with Crippen molar-refractivity contribution in [3.05, 3.63) is 0 Å². The molecule has 0 aliphatic carbocycles. The molecule has 0 amide bonds. The van der Waals surface area contributed by atoms with Gasteiger partial charge in [0.2, 0.25) is 0 Å². The zero-order valence-corrected chi connectivity index (χ0v) is 13.7. The summed E-state index contributed by atoms with van der Waals surface area (Å²) in [5.74, 6) is 2.83. The minimum atomic E-state index is 0.169. The summed E-state index contributed by atoms with van der Waals surface area (Å²) in [5, 5.41) is 9.10. The fourth-order valence-corrected chi connectivity index (χ4v) is 3.43. The molecule has 106 valence electrons. The van der Waals surface area contributed by atoms with Crippen LogP contribution in [0, 0.1) is 46.3 Å². The molecule has 0 bridgehead atoms. The van der Waals surface area contributed by atoms with Gasteiger partial charge in [0.15, 0.2) is 0 Å². The SMILES string of the molecule is CC(C)CC(C)(C(C)C)C(CC(C)C#N)C(C)C. The fraction of sp³-hybridized carbons (Fsp3) is 0.941. The van der Waals surface area contributed by atoms with Crippen LogP contribution in [0.2, 0.25) is 0 Å². The Morgan fingerprint density at radius 3 is 1.78 bits per heavy atom. The van der Waals surface area contributed by atoms with E-state index in [4.69, 9.17) is 5.26 Å². The van der Waals surface area contributed by atoms with Gasteiger partial charge in [-0.2, -0.15) is 5.26 Å². The topological polar surface area (TPSA) is 23.8 Å². The molecule has 0 radical (unpaired) electrons. The van der Waals surface area contributed by atoms with Crippen LogP contribution in [-0.2, 0) is 0 Å². The second-order valence-electron chi connectivity index (χ2n) is 7.37. The number of hydrogen-bond donors (Lipinski definition) is 0. The van der Waals surface area contributed by atoms with Gasteiger partial charge < -0.3 is 0 Å². The van der Waals surface area contributed by atoms with Crippen molar-refractivity contribution < 1.29 is 0 Å². The molecule has 0 aliphatic rings. The fourth-order valence-electron chi connectivity index (χ4n) is 3.43. The smallest absolute Gasteiger partial charge is 0.0652 e. The molecule has 0 saturated heterocycles. The molecule has 0 aromatic rings. The zero-order chi connectivity index (χ0) is 14.5. The lowest BCUT2D eigenvalue weighted by Gasteiger charge is -2.45. The Morgan fingerprint density at radius 2 is 1.50 bits per heavy atom. The van der Waals surface area contributed by atoms with Gasteiger partial charge in [0, 0.05) is 5.92 Å². The van der Waals surface area contributed by atoms with Gasteiger partial charge in [-0.1, -0.05) is 48.5 Å². The summed E-state index contributed by atoms with van der Waals surface area (Å²) in [7, 11) is 0. The normalized spacial score (nSPS) is 18.8. The maximum atomic E-state index is 9.10. The Hall–Kier alpha value is -0.510. The van der Waals surface area contributed by atoms with E-state index in [1.165, 1.54) is 6.42 Å². The molecular weight excluding hydrogens is 218 g/mol. The van der Waals surface area contributed by atoms with Gasteiger partial charge in [0.05, 0.1) is 6.07 Å². The average molecular weight is 251 g/mol. The van der Waals surface area contributed by atoms with Crippen LogP contribution in [0.4, 0.5) is 0 Å². The number of nitrogens with zero attached hydrogens (tertiary/aromatic N) is 1. The van der Waals surface area contributed by atoms with Crippen LogP contribution < -0.4 is 0 Å². The second kappa shape index (κ2) is 7.17. The first-order chi connectivity index (χ1) is 8.15. The van der Waals surface area contributed by atoms with E-state index in [1.54, 1.807) is 0 Å². The van der Waals surface area contributed by atoms with Gasteiger partial charge in [0.1, 0.15) is 0 Å². The van der Waals surface area contributed by atoms with Gasteiger partial charge >= 0.3 is 0 Å². The molecule has 0 rings (SSSR count). The minimum absolute atomic E-state index is 0.169. The van der Waals surface area contributed by atoms with Crippen molar-refractivity contribution >= 4 is 0 Å². The molecule has 3 unspecified atom stereocenters. The van der Waals surface area contributed by atoms with Crippen molar-refractivity contribution in [2.24, 2.45) is 35.0 Å². The summed E-state index contributed by atoms with van der Waals surface area (Å²) >= 11 is 0. The van der Waals surface area contributed by atoms with Gasteiger partial charge in [-0.3, -0.25) is 0 Å². The largest absolute Gasteiger partial charge is 0.198 e. The monoisotopic (exact) mass is 251 g/mol. The molecule has 0 saturated carbocycles. The third-order valence-corrected chi connectivity index (χ3v) is 4.65. The first-order valence-corrected chi connectivity index (χ1v) is 7.54. The van der Waals surface area contributed by atoms with E-state index in [-0.39, 0.29) is 5.92 Å². The van der Waals surface area contributed by atoms with E-state index in [0.717, 1.165) is 12.3 Å². The summed E-state index contributed by atoms with van der Waals surface area (Å²) in [6.07, 6.45) is 2.29. The van der Waals surface area contributed by atoms with Crippen molar-refractivity contribution in [3.8, 4) is 6.07 Å². The molecule has 0 aromatic heterocycles. The molecule has 0 aromatic carbocycles. The minimum Gasteiger partial charge on any atom is -0.198 e. The Kier molecular flexibility index (Phi) is 6.97. The quantitative estimate of drug-likeness (QED) is 0.584. The zero-order valence-electron chi connectivity index (χ0n) is 13.7. The van der Waals surface area contributed by atoms with Crippen LogP contribution in [-0.4, -0.2) is 0 Å². The second-order valence-corrected chi connectivity index (χ2v) is 7.37. The van der Waals surface area contributed by atoms with Crippen LogP contribution in [0.3, 0.4) is 0 Å². The van der Waals surface area contributed by atoms with Gasteiger partial charge in [0.25, 0.3) is 0 Å². The molecule has 18 heavy (non-hydrogen) atoms. The molecule has 0 spiro atoms. The molecule has 1 heteroatoms. The third kappa shape index (κ3) is 4.63. The van der Waals surface area contributed by atoms with Crippen molar-refractivity contribution in [1.82, 2.24) is 0 Å². The van der Waals surface area contributed by atoms with Crippen LogP contribution in [0.25, 0.3) is 0 Å². The van der Waals surface area contributed by atoms with E-state index in [2.05, 4.69) is 61.5 Å². The first kappa shape index (κ1) is 17.5. The van der Waals surface area contributed by atoms with E-state index < -0.39 is 0 Å². The Labute approximate surface area is 115 Å². The molecule has 0 N–H and O–H groups in total. The molecular formula is C17H33N. The summed E-state index contributed by atoms with van der Waals surface area (Å²) < 4.78 is 0. The maximum absolute atomic E-state index is 9.10. The number of rotatable bonds is 7. The highest BCUT2D eigenvalue weighted by Crippen LogP contribution is 2.47. The Balaban J connectivity index is 5.18. The molecule has 0 heterocycles. The van der Waals surface area contributed by atoms with Crippen LogP contribution in [0.15, 0.2) is 0 Å². The summed E-state index contributed by atoms with van der Waals surface area (Å²) in [6, 6.07) is 2.41. The third-order valence-electron chi connectivity index (χ3n) is 4.65. The molecule has 0 aliphatic heterocycles. The van der Waals surface area contributed by atoms with E-state index in [1.807, 2.05) is 0 Å². The van der Waals surface area contributed by atoms with Crippen molar-refractivity contribution in [2.45, 2.75) is 68.2 Å². The highest BCUT2D eigenvalue weighted by Gasteiger charge is 2.39. The standard InChI is InChI=1S/C17H33N/c1-12(2)10-17(8,14(5)6)16(13(3)4)9-15(7)11-18/h12-16H,9-10H2,1-8H3. The van der Waals surface area contributed by atoms with Gasteiger partial charge in [-0.05, 0) is 48.9 Å². The van der Waals surface area contributed by atoms with E-state index in [9.17, 15) is 0 Å². The lowest BCUT2D eigenvalue weighted by atomic mass is 9.60. The lowest BCUT2D eigenvalue weighted by Crippen LogP contribution is -2.38. The number of hydrogen-bond acceptors (Lipinski definition) is 1. The van der Waals surface area contributed by atoms with Crippen molar-refractivity contribution in [2.75, 3.05) is 0 Å². The summed E-state index contributed by atoms with van der Waals surface area (Å²) in [6.45, 7) is 18.4. The predicted octanol–water partition coefficient (Wildman–Crippen LogP) is 5.52. The molecule has 1 nitrogen and oxygen atoms in total. The van der Waals surface area contributed by atoms with E-state index in [0.29, 0.717) is 23.2 Å². The highest BCUT2D eigenvalue weighted by molar-refractivity contribution is 4.92.